The Hall–Kier alpha value is -1.39. The topological polar surface area (TPSA) is 47.0 Å². The van der Waals surface area contributed by atoms with Crippen molar-refractivity contribution >= 4 is 28.2 Å². The molecule has 0 saturated carbocycles. The second kappa shape index (κ2) is 7.13. The van der Waals surface area contributed by atoms with Crippen molar-refractivity contribution in [2.24, 2.45) is 0 Å². The lowest BCUT2D eigenvalue weighted by Gasteiger charge is -2.08. The smallest absolute Gasteiger partial charge is 0.0950 e. The molecular formula is C13H16ClN3O. The maximum absolute atomic E-state index is 5.52. The molecule has 96 valence electrons. The normalized spacial score (nSPS) is 10.7. The minimum atomic E-state index is 0.548. The van der Waals surface area contributed by atoms with E-state index >= 15 is 0 Å². The Balaban J connectivity index is 1.88. The number of anilines is 1. The molecule has 0 unspecified atom stereocenters. The summed E-state index contributed by atoms with van der Waals surface area (Å²) in [4.78, 5) is 0. The number of nitrogens with zero attached hydrogens (tertiary/aromatic N) is 2. The molecule has 0 bridgehead atoms. The van der Waals surface area contributed by atoms with Gasteiger partial charge in [0, 0.05) is 24.4 Å². The molecule has 0 saturated heterocycles. The molecule has 2 rings (SSSR count). The van der Waals surface area contributed by atoms with Gasteiger partial charge in [-0.25, -0.2) is 0 Å². The molecule has 1 N–H and O–H groups in total. The van der Waals surface area contributed by atoms with Crippen LogP contribution in [0.5, 0.6) is 0 Å². The minimum Gasteiger partial charge on any atom is -0.383 e. The lowest BCUT2D eigenvalue weighted by atomic mass is 10.2. The zero-order valence-electron chi connectivity index (χ0n) is 10.1. The summed E-state index contributed by atoms with van der Waals surface area (Å²) in [6.45, 7) is 2.18. The van der Waals surface area contributed by atoms with Gasteiger partial charge in [-0.05, 0) is 12.5 Å². The van der Waals surface area contributed by atoms with Crippen LogP contribution in [0.25, 0.3) is 10.9 Å². The van der Waals surface area contributed by atoms with E-state index in [0.717, 1.165) is 36.2 Å². The molecular weight excluding hydrogens is 250 g/mol. The molecule has 0 aliphatic heterocycles. The number of hydrogen-bond donors (Lipinski definition) is 1. The fraction of sp³-hybridized carbons (Fsp3) is 0.385. The first-order valence-corrected chi connectivity index (χ1v) is 6.53. The number of nitrogens with one attached hydrogen (secondary N) is 1. The molecule has 4 nitrogen and oxygen atoms in total. The summed E-state index contributed by atoms with van der Waals surface area (Å²) in [7, 11) is 0. The summed E-state index contributed by atoms with van der Waals surface area (Å²) in [5.41, 5.74) is 1.92. The monoisotopic (exact) mass is 265 g/mol. The molecule has 1 heterocycles. The van der Waals surface area contributed by atoms with Gasteiger partial charge in [0.15, 0.2) is 0 Å². The van der Waals surface area contributed by atoms with Gasteiger partial charge < -0.3 is 10.1 Å². The van der Waals surface area contributed by atoms with E-state index in [2.05, 4.69) is 15.5 Å². The number of aromatic nitrogens is 2. The van der Waals surface area contributed by atoms with Crippen LogP contribution in [0.1, 0.15) is 6.42 Å². The zero-order valence-corrected chi connectivity index (χ0v) is 10.9. The second-order valence-corrected chi connectivity index (χ2v) is 4.24. The van der Waals surface area contributed by atoms with Crippen molar-refractivity contribution in [3.05, 3.63) is 30.5 Å². The summed E-state index contributed by atoms with van der Waals surface area (Å²) in [6, 6.07) is 7.95. The zero-order chi connectivity index (χ0) is 12.6. The third-order valence-electron chi connectivity index (χ3n) is 2.55. The van der Waals surface area contributed by atoms with Crippen molar-refractivity contribution in [3.63, 3.8) is 0 Å². The van der Waals surface area contributed by atoms with Gasteiger partial charge >= 0.3 is 0 Å². The van der Waals surface area contributed by atoms with Gasteiger partial charge in [-0.3, -0.25) is 0 Å². The van der Waals surface area contributed by atoms with E-state index in [1.54, 1.807) is 6.20 Å². The van der Waals surface area contributed by atoms with Crippen LogP contribution in [0.4, 0.5) is 5.69 Å². The van der Waals surface area contributed by atoms with Gasteiger partial charge in [-0.2, -0.15) is 10.2 Å². The molecule has 1 aromatic carbocycles. The van der Waals surface area contributed by atoms with Gasteiger partial charge in [0.05, 0.1) is 24.0 Å². The summed E-state index contributed by atoms with van der Waals surface area (Å²) < 4.78 is 5.31. The quantitative estimate of drug-likeness (QED) is 0.618. The van der Waals surface area contributed by atoms with Crippen molar-refractivity contribution in [2.45, 2.75) is 6.42 Å². The maximum atomic E-state index is 5.52. The van der Waals surface area contributed by atoms with E-state index in [1.165, 1.54) is 0 Å². The molecule has 0 spiro atoms. The highest BCUT2D eigenvalue weighted by Crippen LogP contribution is 2.19. The van der Waals surface area contributed by atoms with Crippen molar-refractivity contribution in [3.8, 4) is 0 Å². The Morgan fingerprint density at radius 2 is 2.11 bits per heavy atom. The highest BCUT2D eigenvalue weighted by molar-refractivity contribution is 6.17. The van der Waals surface area contributed by atoms with E-state index in [9.17, 15) is 0 Å². The van der Waals surface area contributed by atoms with E-state index in [1.807, 2.05) is 24.3 Å². The number of halogens is 1. The second-order valence-electron chi connectivity index (χ2n) is 3.86. The molecule has 0 fully saturated rings. The number of benzene rings is 1. The predicted molar refractivity (Wildman–Crippen MR) is 74.2 cm³/mol. The average molecular weight is 266 g/mol. The molecule has 0 amide bonds. The Labute approximate surface area is 111 Å². The van der Waals surface area contributed by atoms with Crippen molar-refractivity contribution in [1.82, 2.24) is 10.2 Å². The van der Waals surface area contributed by atoms with Crippen LogP contribution in [0, 0.1) is 0 Å². The van der Waals surface area contributed by atoms with E-state index in [-0.39, 0.29) is 0 Å². The molecule has 0 atom stereocenters. The van der Waals surface area contributed by atoms with Crippen molar-refractivity contribution < 1.29 is 4.74 Å². The van der Waals surface area contributed by atoms with Crippen molar-refractivity contribution in [1.29, 1.82) is 0 Å². The van der Waals surface area contributed by atoms with E-state index in [4.69, 9.17) is 16.3 Å². The summed E-state index contributed by atoms with van der Waals surface area (Å²) in [6.07, 6.45) is 2.69. The average Bonchev–Trinajstić information content (AvgIpc) is 2.43. The number of alkyl halides is 1. The van der Waals surface area contributed by atoms with Crippen LogP contribution < -0.4 is 5.32 Å². The Kier molecular flexibility index (Phi) is 5.17. The van der Waals surface area contributed by atoms with Gasteiger partial charge in [-0.1, -0.05) is 18.2 Å². The van der Waals surface area contributed by atoms with E-state index in [0.29, 0.717) is 12.5 Å². The molecule has 5 heteroatoms. The van der Waals surface area contributed by atoms with Crippen LogP contribution in [0.2, 0.25) is 0 Å². The standard InChI is InChI=1S/C13H16ClN3O/c14-6-9-18-8-3-7-15-13-10-16-17-12-5-2-1-4-11(12)13/h1-2,4-5,10H,3,6-9H2,(H,15,17). The Morgan fingerprint density at radius 1 is 1.22 bits per heavy atom. The third-order valence-corrected chi connectivity index (χ3v) is 2.70. The molecule has 0 aliphatic rings. The minimum absolute atomic E-state index is 0.548. The molecule has 2 aromatic rings. The fourth-order valence-electron chi connectivity index (χ4n) is 1.70. The number of rotatable bonds is 7. The Bertz CT molecular complexity index is 487. The molecule has 0 aliphatic carbocycles. The largest absolute Gasteiger partial charge is 0.383 e. The first-order valence-electron chi connectivity index (χ1n) is 6.00. The number of ether oxygens (including phenoxy) is 1. The van der Waals surface area contributed by atoms with Gasteiger partial charge in [0.25, 0.3) is 0 Å². The van der Waals surface area contributed by atoms with Gasteiger partial charge in [0.2, 0.25) is 0 Å². The summed E-state index contributed by atoms with van der Waals surface area (Å²) >= 11 is 5.52. The first-order chi connectivity index (χ1) is 8.92. The Morgan fingerprint density at radius 3 is 3.00 bits per heavy atom. The number of fused-ring (bicyclic) bond motifs is 1. The van der Waals surface area contributed by atoms with Crippen LogP contribution in [-0.4, -0.2) is 35.8 Å². The third kappa shape index (κ3) is 3.55. The van der Waals surface area contributed by atoms with Gasteiger partial charge in [0.1, 0.15) is 0 Å². The van der Waals surface area contributed by atoms with Crippen LogP contribution >= 0.6 is 11.6 Å². The summed E-state index contributed by atoms with van der Waals surface area (Å²) in [5.74, 6) is 0.548. The summed E-state index contributed by atoms with van der Waals surface area (Å²) in [5, 5.41) is 12.5. The first kappa shape index (κ1) is 13.1. The fourth-order valence-corrected chi connectivity index (χ4v) is 1.81. The SMILES string of the molecule is ClCCOCCCNc1cnnc2ccccc12. The maximum Gasteiger partial charge on any atom is 0.0950 e. The lowest BCUT2D eigenvalue weighted by molar-refractivity contribution is 0.149. The van der Waals surface area contributed by atoms with Crippen molar-refractivity contribution in [2.75, 3.05) is 31.0 Å². The predicted octanol–water partition coefficient (Wildman–Crippen LogP) is 2.69. The molecule has 0 radical (unpaired) electrons. The highest BCUT2D eigenvalue weighted by Gasteiger charge is 2.00. The highest BCUT2D eigenvalue weighted by atomic mass is 35.5. The molecule has 1 aromatic heterocycles. The van der Waals surface area contributed by atoms with Gasteiger partial charge in [-0.15, -0.1) is 11.6 Å². The number of hydrogen-bond acceptors (Lipinski definition) is 4. The van der Waals surface area contributed by atoms with Crippen LogP contribution in [-0.2, 0) is 4.74 Å². The van der Waals surface area contributed by atoms with Crippen LogP contribution in [0.3, 0.4) is 0 Å². The van der Waals surface area contributed by atoms with E-state index < -0.39 is 0 Å². The lowest BCUT2D eigenvalue weighted by Crippen LogP contribution is -2.07. The molecule has 18 heavy (non-hydrogen) atoms. The van der Waals surface area contributed by atoms with Crippen LogP contribution in [0.15, 0.2) is 30.5 Å².